The molecule has 0 N–H and O–H groups in total. The Morgan fingerprint density at radius 3 is 2.20 bits per heavy atom. The summed E-state index contributed by atoms with van der Waals surface area (Å²) in [4.78, 5) is 9.03. The minimum Gasteiger partial charge on any atom is -0.340 e. The summed E-state index contributed by atoms with van der Waals surface area (Å²) in [5, 5.41) is 0. The highest BCUT2D eigenvalue weighted by atomic mass is 32.2. The number of piperazine rings is 1. The first kappa shape index (κ1) is 21.5. The third-order valence-corrected chi connectivity index (χ3v) is 6.94. The molecule has 2 heterocycles. The molecule has 0 bridgehead atoms. The van der Waals surface area contributed by atoms with E-state index in [1.165, 1.54) is 18.6 Å². The third kappa shape index (κ3) is 4.79. The Morgan fingerprint density at radius 2 is 1.50 bits per heavy atom. The van der Waals surface area contributed by atoms with E-state index in [1.54, 1.807) is 17.8 Å². The van der Waals surface area contributed by atoms with Gasteiger partial charge in [-0.05, 0) is 56.3 Å². The summed E-state index contributed by atoms with van der Waals surface area (Å²) in [7, 11) is 0. The lowest BCUT2D eigenvalue weighted by Gasteiger charge is -2.36. The van der Waals surface area contributed by atoms with Gasteiger partial charge in [0.05, 0.1) is 16.9 Å². The molecule has 0 spiro atoms. The summed E-state index contributed by atoms with van der Waals surface area (Å²) in [6, 6.07) is 12.1. The number of hydrogen-bond acceptors (Lipinski definition) is 4. The summed E-state index contributed by atoms with van der Waals surface area (Å²) >= 11 is 1.55. The van der Waals surface area contributed by atoms with Crippen LogP contribution in [0.1, 0.15) is 25.3 Å². The van der Waals surface area contributed by atoms with Crippen molar-refractivity contribution in [2.75, 3.05) is 50.7 Å². The number of para-hydroxylation sites is 1. The predicted molar refractivity (Wildman–Crippen MR) is 117 cm³/mol. The van der Waals surface area contributed by atoms with E-state index in [2.05, 4.69) is 21.6 Å². The lowest BCUT2D eigenvalue weighted by atomic mass is 10.1. The molecule has 0 radical (unpaired) electrons. The van der Waals surface area contributed by atoms with Crippen LogP contribution in [0.15, 0.2) is 52.3 Å². The average Bonchev–Trinajstić information content (AvgIpc) is 2.73. The van der Waals surface area contributed by atoms with E-state index in [4.69, 9.17) is 0 Å². The summed E-state index contributed by atoms with van der Waals surface area (Å²) in [5.41, 5.74) is 1.08. The molecule has 0 saturated carbocycles. The van der Waals surface area contributed by atoms with Crippen LogP contribution in [0.2, 0.25) is 0 Å². The Labute approximate surface area is 180 Å². The number of anilines is 2. The van der Waals surface area contributed by atoms with Crippen LogP contribution in [0.4, 0.5) is 24.5 Å². The van der Waals surface area contributed by atoms with Gasteiger partial charge in [-0.2, -0.15) is 13.2 Å². The molecule has 1 fully saturated rings. The average molecular weight is 436 g/mol. The molecule has 30 heavy (non-hydrogen) atoms. The van der Waals surface area contributed by atoms with Crippen LogP contribution >= 0.6 is 11.8 Å². The van der Waals surface area contributed by atoms with E-state index in [9.17, 15) is 13.2 Å². The van der Waals surface area contributed by atoms with Gasteiger partial charge in [0.2, 0.25) is 0 Å². The highest BCUT2D eigenvalue weighted by Gasteiger charge is 2.33. The topological polar surface area (TPSA) is 9.72 Å². The highest BCUT2D eigenvalue weighted by Crippen LogP contribution is 2.49. The van der Waals surface area contributed by atoms with Crippen LogP contribution in [0, 0.1) is 0 Å². The maximum absolute atomic E-state index is 13.3. The van der Waals surface area contributed by atoms with Gasteiger partial charge in [-0.25, -0.2) is 0 Å². The first-order valence-corrected chi connectivity index (χ1v) is 11.5. The van der Waals surface area contributed by atoms with Crippen molar-refractivity contribution in [2.24, 2.45) is 0 Å². The predicted octanol–water partition coefficient (Wildman–Crippen LogP) is 5.73. The first-order valence-electron chi connectivity index (χ1n) is 10.7. The van der Waals surface area contributed by atoms with E-state index >= 15 is 0 Å². The van der Waals surface area contributed by atoms with Crippen molar-refractivity contribution in [1.82, 2.24) is 9.80 Å². The quantitative estimate of drug-likeness (QED) is 0.573. The minimum atomic E-state index is -4.33. The molecule has 0 unspecified atom stereocenters. The smallest absolute Gasteiger partial charge is 0.340 e. The van der Waals surface area contributed by atoms with Crippen molar-refractivity contribution in [3.63, 3.8) is 0 Å². The lowest BCUT2D eigenvalue weighted by Crippen LogP contribution is -2.47. The fraction of sp³-hybridized carbons (Fsp3) is 0.478. The van der Waals surface area contributed by atoms with Crippen LogP contribution in [0.25, 0.3) is 0 Å². The molecule has 2 aliphatic rings. The molecule has 4 rings (SSSR count). The molecule has 0 aromatic heterocycles. The zero-order chi connectivity index (χ0) is 21.1. The van der Waals surface area contributed by atoms with Crippen molar-refractivity contribution in [3.8, 4) is 0 Å². The van der Waals surface area contributed by atoms with Crippen molar-refractivity contribution in [2.45, 2.75) is 35.7 Å². The van der Waals surface area contributed by atoms with Gasteiger partial charge in [-0.15, -0.1) is 0 Å². The van der Waals surface area contributed by atoms with E-state index in [0.29, 0.717) is 12.2 Å². The zero-order valence-electron chi connectivity index (χ0n) is 17.3. The number of hydrogen-bond donors (Lipinski definition) is 0. The fourth-order valence-electron chi connectivity index (χ4n) is 4.25. The molecule has 3 nitrogen and oxygen atoms in total. The van der Waals surface area contributed by atoms with Gasteiger partial charge in [-0.3, -0.25) is 0 Å². The second-order valence-electron chi connectivity index (χ2n) is 7.94. The molecule has 162 valence electrons. The van der Waals surface area contributed by atoms with Gasteiger partial charge in [-0.1, -0.05) is 30.8 Å². The maximum atomic E-state index is 13.3. The molecule has 2 aromatic carbocycles. The molecule has 2 aliphatic heterocycles. The molecular formula is C23H28F3N3S. The first-order chi connectivity index (χ1) is 14.5. The van der Waals surface area contributed by atoms with Gasteiger partial charge in [0.15, 0.2) is 0 Å². The molecule has 1 saturated heterocycles. The Kier molecular flexibility index (Phi) is 6.60. The Bertz CT molecular complexity index is 863. The normalized spacial score (nSPS) is 17.7. The fourth-order valence-corrected chi connectivity index (χ4v) is 5.33. The van der Waals surface area contributed by atoms with Gasteiger partial charge in [0, 0.05) is 42.5 Å². The number of nitrogens with zero attached hydrogens (tertiary/aromatic N) is 3. The number of rotatable bonds is 6. The highest BCUT2D eigenvalue weighted by molar-refractivity contribution is 7.99. The molecule has 7 heteroatoms. The SMILES string of the molecule is CCCN1CCN(CCCN2c3ccccc3Sc3ccc(C(F)(F)F)cc32)CC1. The summed E-state index contributed by atoms with van der Waals surface area (Å²) in [5.74, 6) is 0. The Morgan fingerprint density at radius 1 is 0.833 bits per heavy atom. The van der Waals surface area contributed by atoms with Crippen molar-refractivity contribution < 1.29 is 13.2 Å². The van der Waals surface area contributed by atoms with Crippen molar-refractivity contribution in [3.05, 3.63) is 48.0 Å². The summed E-state index contributed by atoms with van der Waals surface area (Å²) in [6.07, 6.45) is -2.23. The van der Waals surface area contributed by atoms with Crippen LogP contribution < -0.4 is 4.90 Å². The number of alkyl halides is 3. The standard InChI is InChI=1S/C23H28F3N3S/c1-2-10-27-13-15-28(16-14-27)11-5-12-29-19-6-3-4-7-21(19)30-22-9-8-18(17-20(22)29)23(24,25)26/h3-4,6-9,17H,2,5,10-16H2,1H3. The van der Waals surface area contributed by atoms with E-state index < -0.39 is 11.7 Å². The second-order valence-corrected chi connectivity index (χ2v) is 9.02. The summed E-state index contributed by atoms with van der Waals surface area (Å²) < 4.78 is 40.0. The molecule has 2 aromatic rings. The second kappa shape index (κ2) is 9.20. The minimum absolute atomic E-state index is 0.585. The van der Waals surface area contributed by atoms with Gasteiger partial charge >= 0.3 is 6.18 Å². The van der Waals surface area contributed by atoms with E-state index in [1.807, 2.05) is 24.3 Å². The largest absolute Gasteiger partial charge is 0.416 e. The van der Waals surface area contributed by atoms with E-state index in [-0.39, 0.29) is 0 Å². The molecule has 0 atom stereocenters. The Hall–Kier alpha value is -1.70. The third-order valence-electron chi connectivity index (χ3n) is 5.81. The van der Waals surface area contributed by atoms with Gasteiger partial charge in [0.1, 0.15) is 0 Å². The number of halogens is 3. The molecule has 0 amide bonds. The van der Waals surface area contributed by atoms with Crippen molar-refractivity contribution >= 4 is 23.1 Å². The van der Waals surface area contributed by atoms with E-state index in [0.717, 1.165) is 61.2 Å². The molecule has 0 aliphatic carbocycles. The van der Waals surface area contributed by atoms with Gasteiger partial charge < -0.3 is 14.7 Å². The zero-order valence-corrected chi connectivity index (χ0v) is 18.1. The number of fused-ring (bicyclic) bond motifs is 2. The van der Waals surface area contributed by atoms with Crippen LogP contribution in [-0.2, 0) is 6.18 Å². The monoisotopic (exact) mass is 435 g/mol. The number of benzene rings is 2. The maximum Gasteiger partial charge on any atom is 0.416 e. The Balaban J connectivity index is 1.47. The molecular weight excluding hydrogens is 407 g/mol. The van der Waals surface area contributed by atoms with Crippen molar-refractivity contribution in [1.29, 1.82) is 0 Å². The summed E-state index contributed by atoms with van der Waals surface area (Å²) in [6.45, 7) is 9.41. The van der Waals surface area contributed by atoms with Crippen LogP contribution in [-0.4, -0.2) is 55.6 Å². The lowest BCUT2D eigenvalue weighted by molar-refractivity contribution is -0.137. The van der Waals surface area contributed by atoms with Crippen LogP contribution in [0.3, 0.4) is 0 Å². The van der Waals surface area contributed by atoms with Gasteiger partial charge in [0.25, 0.3) is 0 Å². The van der Waals surface area contributed by atoms with Crippen LogP contribution in [0.5, 0.6) is 0 Å².